The van der Waals surface area contributed by atoms with Crippen molar-refractivity contribution in [1.82, 2.24) is 0 Å². The topological polar surface area (TPSA) is 40.0 Å². The van der Waals surface area contributed by atoms with E-state index in [4.69, 9.17) is 60.7 Å². The Balaban J connectivity index is 2.00. The number of halogens is 7. The third kappa shape index (κ3) is 9.16. The summed E-state index contributed by atoms with van der Waals surface area (Å²) in [6, 6.07) is 8.85. The molecule has 0 aliphatic heterocycles. The van der Waals surface area contributed by atoms with Crippen molar-refractivity contribution in [2.45, 2.75) is 32.5 Å². The minimum absolute atomic E-state index is 0.0750. The van der Waals surface area contributed by atoms with Crippen LogP contribution < -0.4 is 9.47 Å². The van der Waals surface area contributed by atoms with Crippen LogP contribution in [-0.2, 0) is 11.3 Å². The number of ether oxygens (including phenoxy) is 2. The highest BCUT2D eigenvalue weighted by Crippen LogP contribution is 2.37. The zero-order valence-electron chi connectivity index (χ0n) is 17.6. The quantitative estimate of drug-likeness (QED) is 0.225. The Morgan fingerprint density at radius 2 is 1.64 bits per heavy atom. The summed E-state index contributed by atoms with van der Waals surface area (Å²) in [6.45, 7) is 3.51. The predicted molar refractivity (Wildman–Crippen MR) is 126 cm³/mol. The Bertz CT molecular complexity index is 966. The molecule has 0 N–H and O–H groups in total. The smallest absolute Gasteiger partial charge is 0.437 e. The van der Waals surface area contributed by atoms with Crippen LogP contribution in [0.1, 0.15) is 25.0 Å². The van der Waals surface area contributed by atoms with Crippen molar-refractivity contribution < 1.29 is 27.5 Å². The van der Waals surface area contributed by atoms with Crippen LogP contribution in [0.5, 0.6) is 11.5 Å². The molecule has 0 heterocycles. The molecule has 4 nitrogen and oxygen atoms in total. The maximum absolute atomic E-state index is 13.3. The number of hydrogen-bond acceptors (Lipinski definition) is 4. The third-order valence-electron chi connectivity index (χ3n) is 3.95. The van der Waals surface area contributed by atoms with E-state index in [0.717, 1.165) is 5.56 Å². The lowest BCUT2D eigenvalue weighted by Crippen LogP contribution is -2.25. The number of oxime groups is 1. The van der Waals surface area contributed by atoms with E-state index >= 15 is 0 Å². The molecule has 0 aliphatic rings. The van der Waals surface area contributed by atoms with E-state index in [-0.39, 0.29) is 39.1 Å². The highest BCUT2D eigenvalue weighted by atomic mass is 35.5. The molecule has 180 valence electrons. The van der Waals surface area contributed by atoms with E-state index in [1.807, 2.05) is 0 Å². The van der Waals surface area contributed by atoms with Crippen molar-refractivity contribution in [3.05, 3.63) is 68.1 Å². The van der Waals surface area contributed by atoms with Crippen LogP contribution in [-0.4, -0.2) is 31.2 Å². The molecule has 0 fully saturated rings. The van der Waals surface area contributed by atoms with Gasteiger partial charge >= 0.3 is 6.18 Å². The molecular formula is C22H20Cl4F3NO3. The maximum atomic E-state index is 13.3. The summed E-state index contributed by atoms with van der Waals surface area (Å²) in [5, 5.41) is 3.74. The molecule has 0 saturated heterocycles. The standard InChI is InChI=1S/C22H20Cl4F3NO3/c1-13(2)33-30-21(22(27,28)29)15-5-3-14(4-6-15)7-9-32-20-17(23)11-16(12-18(20)24)31-10-8-19(25)26/h3-6,8,11-13H,7,9-10H2,1-2H3. The molecule has 0 aliphatic carbocycles. The number of nitrogens with zero attached hydrogens (tertiary/aromatic N) is 1. The van der Waals surface area contributed by atoms with Crippen LogP contribution in [0.15, 0.2) is 52.1 Å². The van der Waals surface area contributed by atoms with Crippen molar-refractivity contribution in [3.8, 4) is 11.5 Å². The average molecular weight is 545 g/mol. The fraction of sp³-hybridized carbons (Fsp3) is 0.318. The second-order valence-electron chi connectivity index (χ2n) is 6.91. The van der Waals surface area contributed by atoms with E-state index in [0.29, 0.717) is 12.2 Å². The van der Waals surface area contributed by atoms with Crippen LogP contribution in [0.2, 0.25) is 10.0 Å². The first-order valence-corrected chi connectivity index (χ1v) is 11.1. The third-order valence-corrected chi connectivity index (χ3v) is 4.82. The van der Waals surface area contributed by atoms with E-state index < -0.39 is 18.0 Å². The Morgan fingerprint density at radius 3 is 2.15 bits per heavy atom. The first-order valence-electron chi connectivity index (χ1n) is 9.63. The SMILES string of the molecule is CC(C)ON=C(c1ccc(CCOc2c(Cl)cc(OCC=C(Cl)Cl)cc2Cl)cc1)C(F)(F)F. The zero-order valence-corrected chi connectivity index (χ0v) is 20.6. The zero-order chi connectivity index (χ0) is 24.6. The first-order chi connectivity index (χ1) is 15.5. The van der Waals surface area contributed by atoms with Crippen molar-refractivity contribution in [2.75, 3.05) is 13.2 Å². The summed E-state index contributed by atoms with van der Waals surface area (Å²) in [7, 11) is 0. The normalized spacial score (nSPS) is 12.0. The van der Waals surface area contributed by atoms with Gasteiger partial charge in [0.25, 0.3) is 0 Å². The van der Waals surface area contributed by atoms with Crippen LogP contribution in [0.3, 0.4) is 0 Å². The van der Waals surface area contributed by atoms with E-state index in [9.17, 15) is 13.2 Å². The van der Waals surface area contributed by atoms with Gasteiger partial charge in [0, 0.05) is 24.1 Å². The highest BCUT2D eigenvalue weighted by molar-refractivity contribution is 6.55. The molecule has 0 atom stereocenters. The molecule has 0 bridgehead atoms. The number of benzene rings is 2. The van der Waals surface area contributed by atoms with Crippen LogP contribution >= 0.6 is 46.4 Å². The number of hydrogen-bond donors (Lipinski definition) is 0. The average Bonchev–Trinajstić information content (AvgIpc) is 2.69. The minimum Gasteiger partial charge on any atom is -0.490 e. The second-order valence-corrected chi connectivity index (χ2v) is 8.73. The van der Waals surface area contributed by atoms with Gasteiger partial charge < -0.3 is 14.3 Å². The Morgan fingerprint density at radius 1 is 1.03 bits per heavy atom. The Hall–Kier alpha value is -1.80. The first kappa shape index (κ1) is 27.4. The Kier molecular flexibility index (Phi) is 10.5. The van der Waals surface area contributed by atoms with Gasteiger partial charge in [0.2, 0.25) is 0 Å². The monoisotopic (exact) mass is 543 g/mol. The molecule has 11 heteroatoms. The van der Waals surface area contributed by atoms with Crippen molar-refractivity contribution in [3.63, 3.8) is 0 Å². The van der Waals surface area contributed by atoms with Gasteiger partial charge in [-0.15, -0.1) is 0 Å². The summed E-state index contributed by atoms with van der Waals surface area (Å²) in [5.74, 6) is 0.674. The fourth-order valence-electron chi connectivity index (χ4n) is 2.49. The van der Waals surface area contributed by atoms with E-state index in [2.05, 4.69) is 5.16 Å². The predicted octanol–water partition coefficient (Wildman–Crippen LogP) is 8.00. The van der Waals surface area contributed by atoms with Crippen LogP contribution in [0.4, 0.5) is 13.2 Å². The number of rotatable bonds is 10. The molecule has 2 rings (SSSR count). The molecule has 2 aromatic carbocycles. The van der Waals surface area contributed by atoms with Gasteiger partial charge in [-0.2, -0.15) is 13.2 Å². The lowest BCUT2D eigenvalue weighted by molar-refractivity contribution is -0.0626. The van der Waals surface area contributed by atoms with Gasteiger partial charge in [0.1, 0.15) is 23.0 Å². The molecule has 2 aromatic rings. The molecule has 0 radical (unpaired) electrons. The van der Waals surface area contributed by atoms with Gasteiger partial charge in [-0.3, -0.25) is 0 Å². The lowest BCUT2D eigenvalue weighted by Gasteiger charge is -2.13. The van der Waals surface area contributed by atoms with Gasteiger partial charge in [0.05, 0.1) is 16.7 Å². The second kappa shape index (κ2) is 12.6. The van der Waals surface area contributed by atoms with Crippen molar-refractivity contribution >= 4 is 52.1 Å². The minimum atomic E-state index is -4.64. The molecule has 0 saturated carbocycles. The summed E-state index contributed by atoms with van der Waals surface area (Å²) in [6.07, 6.45) is -3.25. The fourth-order valence-corrected chi connectivity index (χ4v) is 3.19. The summed E-state index contributed by atoms with van der Waals surface area (Å²) in [4.78, 5) is 4.79. The van der Waals surface area contributed by atoms with Crippen molar-refractivity contribution in [2.24, 2.45) is 5.16 Å². The van der Waals surface area contributed by atoms with Crippen LogP contribution in [0, 0.1) is 0 Å². The van der Waals surface area contributed by atoms with Gasteiger partial charge in [-0.25, -0.2) is 0 Å². The maximum Gasteiger partial charge on any atom is 0.437 e. The molecule has 33 heavy (non-hydrogen) atoms. The van der Waals surface area contributed by atoms with Crippen molar-refractivity contribution in [1.29, 1.82) is 0 Å². The molecule has 0 amide bonds. The van der Waals surface area contributed by atoms with Crippen LogP contribution in [0.25, 0.3) is 0 Å². The molecule has 0 aromatic heterocycles. The number of alkyl halides is 3. The summed E-state index contributed by atoms with van der Waals surface area (Å²) < 4.78 is 51.0. The lowest BCUT2D eigenvalue weighted by atomic mass is 10.1. The molecule has 0 spiro atoms. The summed E-state index contributed by atoms with van der Waals surface area (Å²) >= 11 is 23.5. The van der Waals surface area contributed by atoms with E-state index in [1.54, 1.807) is 26.0 Å². The van der Waals surface area contributed by atoms with Gasteiger partial charge in [-0.1, -0.05) is 75.8 Å². The van der Waals surface area contributed by atoms with Gasteiger partial charge in [0.15, 0.2) is 11.5 Å². The molecule has 0 unspecified atom stereocenters. The van der Waals surface area contributed by atoms with Gasteiger partial charge in [-0.05, 0) is 25.5 Å². The Labute approximate surface area is 209 Å². The molecular weight excluding hydrogens is 525 g/mol. The van der Waals surface area contributed by atoms with E-state index in [1.165, 1.54) is 30.3 Å². The largest absolute Gasteiger partial charge is 0.490 e. The highest BCUT2D eigenvalue weighted by Gasteiger charge is 2.38. The summed E-state index contributed by atoms with van der Waals surface area (Å²) in [5.41, 5.74) is -0.439.